The molecule has 0 radical (unpaired) electrons. The molecular formula is C21H23N3O6. The third-order valence-electron chi connectivity index (χ3n) is 5.25. The van der Waals surface area contributed by atoms with Gasteiger partial charge in [0.1, 0.15) is 5.69 Å². The van der Waals surface area contributed by atoms with Crippen LogP contribution in [0, 0.1) is 10.1 Å². The summed E-state index contributed by atoms with van der Waals surface area (Å²) in [6.07, 6.45) is 1.79. The van der Waals surface area contributed by atoms with Gasteiger partial charge in [-0.05, 0) is 61.7 Å². The number of likely N-dealkylation sites (tertiary alicyclic amines) is 1. The van der Waals surface area contributed by atoms with Gasteiger partial charge in [0.05, 0.1) is 24.1 Å². The van der Waals surface area contributed by atoms with Crippen molar-refractivity contribution in [3.05, 3.63) is 63.7 Å². The first-order valence-corrected chi connectivity index (χ1v) is 9.55. The van der Waals surface area contributed by atoms with Crippen molar-refractivity contribution in [1.29, 1.82) is 0 Å². The average Bonchev–Trinajstić information content (AvgIpc) is 2.74. The number of aromatic carboxylic acids is 1. The van der Waals surface area contributed by atoms with Gasteiger partial charge in [-0.1, -0.05) is 12.1 Å². The topological polar surface area (TPSA) is 122 Å². The third-order valence-corrected chi connectivity index (χ3v) is 5.25. The second-order valence-electron chi connectivity index (χ2n) is 7.17. The number of carbonyl (C=O) groups is 2. The lowest BCUT2D eigenvalue weighted by molar-refractivity contribution is -0.383. The molecule has 0 aliphatic carbocycles. The van der Waals surface area contributed by atoms with Crippen molar-refractivity contribution in [2.45, 2.75) is 18.8 Å². The Morgan fingerprint density at radius 2 is 1.97 bits per heavy atom. The van der Waals surface area contributed by atoms with Crippen LogP contribution in [0.15, 0.2) is 42.5 Å². The number of methoxy groups -OCH3 is 1. The first-order chi connectivity index (χ1) is 14.4. The Kier molecular flexibility index (Phi) is 6.63. The van der Waals surface area contributed by atoms with Gasteiger partial charge in [-0.3, -0.25) is 19.8 Å². The maximum Gasteiger partial charge on any atom is 0.335 e. The van der Waals surface area contributed by atoms with E-state index in [1.807, 2.05) is 24.3 Å². The number of nitrogens with zero attached hydrogens (tertiary/aromatic N) is 2. The second kappa shape index (κ2) is 9.36. The predicted octanol–water partition coefficient (Wildman–Crippen LogP) is 3.39. The lowest BCUT2D eigenvalue weighted by Gasteiger charge is -2.31. The second-order valence-corrected chi connectivity index (χ2v) is 7.17. The van der Waals surface area contributed by atoms with Crippen LogP contribution in [0.5, 0.6) is 0 Å². The fourth-order valence-electron chi connectivity index (χ4n) is 3.62. The van der Waals surface area contributed by atoms with Gasteiger partial charge >= 0.3 is 11.9 Å². The molecule has 0 spiro atoms. The third kappa shape index (κ3) is 5.12. The highest BCUT2D eigenvalue weighted by molar-refractivity contribution is 5.90. The van der Waals surface area contributed by atoms with Crippen molar-refractivity contribution in [1.82, 2.24) is 4.90 Å². The van der Waals surface area contributed by atoms with Gasteiger partial charge in [-0.15, -0.1) is 0 Å². The van der Waals surface area contributed by atoms with Crippen molar-refractivity contribution in [2.75, 3.05) is 32.1 Å². The summed E-state index contributed by atoms with van der Waals surface area (Å²) in [7, 11) is 1.38. The van der Waals surface area contributed by atoms with Gasteiger partial charge in [-0.25, -0.2) is 4.79 Å². The van der Waals surface area contributed by atoms with Crippen LogP contribution in [0.1, 0.15) is 34.7 Å². The normalized spacial score (nSPS) is 14.8. The van der Waals surface area contributed by atoms with E-state index in [4.69, 9.17) is 9.84 Å². The molecule has 2 aromatic rings. The van der Waals surface area contributed by atoms with Gasteiger partial charge in [0, 0.05) is 11.8 Å². The summed E-state index contributed by atoms with van der Waals surface area (Å²) in [5, 5.41) is 23.5. The van der Waals surface area contributed by atoms with Crippen LogP contribution in [-0.4, -0.2) is 53.6 Å². The molecule has 0 atom stereocenters. The molecule has 9 heteroatoms. The maximum atomic E-state index is 11.4. The average molecular weight is 413 g/mol. The smallest absolute Gasteiger partial charge is 0.335 e. The molecule has 3 rings (SSSR count). The zero-order valence-corrected chi connectivity index (χ0v) is 16.5. The molecular weight excluding hydrogens is 390 g/mol. The number of piperidine rings is 1. The predicted molar refractivity (Wildman–Crippen MR) is 110 cm³/mol. The maximum absolute atomic E-state index is 11.4. The monoisotopic (exact) mass is 413 g/mol. The van der Waals surface area contributed by atoms with Gasteiger partial charge in [0.2, 0.25) is 0 Å². The van der Waals surface area contributed by atoms with Gasteiger partial charge < -0.3 is 15.2 Å². The first-order valence-electron chi connectivity index (χ1n) is 9.55. The number of rotatable bonds is 7. The summed E-state index contributed by atoms with van der Waals surface area (Å²) >= 11 is 0. The van der Waals surface area contributed by atoms with Crippen molar-refractivity contribution < 1.29 is 24.4 Å². The van der Waals surface area contributed by atoms with Gasteiger partial charge in [-0.2, -0.15) is 0 Å². The molecule has 1 aliphatic rings. The molecule has 158 valence electrons. The van der Waals surface area contributed by atoms with E-state index in [0.717, 1.165) is 37.6 Å². The van der Waals surface area contributed by atoms with Gasteiger partial charge in [0.15, 0.2) is 0 Å². The zero-order valence-electron chi connectivity index (χ0n) is 16.5. The molecule has 0 saturated carbocycles. The molecule has 0 aromatic heterocycles. The summed E-state index contributed by atoms with van der Waals surface area (Å²) < 4.78 is 4.71. The number of nitro benzene ring substituents is 1. The summed E-state index contributed by atoms with van der Waals surface area (Å²) in [4.78, 5) is 35.4. The lowest BCUT2D eigenvalue weighted by Crippen LogP contribution is -2.37. The number of esters is 1. The van der Waals surface area contributed by atoms with E-state index >= 15 is 0 Å². The van der Waals surface area contributed by atoms with Crippen molar-refractivity contribution >= 4 is 29.0 Å². The van der Waals surface area contributed by atoms with Gasteiger partial charge in [0.25, 0.3) is 5.69 Å². The number of hydrogen-bond donors (Lipinski definition) is 2. The lowest BCUT2D eigenvalue weighted by atomic mass is 9.89. The Balaban J connectivity index is 1.72. The van der Waals surface area contributed by atoms with Crippen LogP contribution >= 0.6 is 0 Å². The van der Waals surface area contributed by atoms with E-state index in [0.29, 0.717) is 18.2 Å². The first kappa shape index (κ1) is 21.3. The number of carboxylic acid groups (broad SMARTS) is 1. The Morgan fingerprint density at radius 1 is 1.23 bits per heavy atom. The number of hydrogen-bond acceptors (Lipinski definition) is 7. The highest BCUT2D eigenvalue weighted by atomic mass is 16.6. The minimum atomic E-state index is -1.22. The molecule has 1 heterocycles. The van der Waals surface area contributed by atoms with Crippen molar-refractivity contribution in [3.63, 3.8) is 0 Å². The minimum absolute atomic E-state index is 0.139. The molecule has 9 nitrogen and oxygen atoms in total. The number of carbonyl (C=O) groups excluding carboxylic acids is 1. The fraction of sp³-hybridized carbons (Fsp3) is 0.333. The molecule has 2 aromatic carbocycles. The number of ether oxygens (including phenoxy) is 1. The van der Waals surface area contributed by atoms with Crippen LogP contribution in [0.25, 0.3) is 0 Å². The van der Waals surface area contributed by atoms with Crippen LogP contribution in [0.4, 0.5) is 17.1 Å². The van der Waals surface area contributed by atoms with Crippen molar-refractivity contribution in [3.8, 4) is 0 Å². The summed E-state index contributed by atoms with van der Waals surface area (Å²) in [6, 6.07) is 11.5. The van der Waals surface area contributed by atoms with Crippen LogP contribution in [0.2, 0.25) is 0 Å². The molecule has 0 amide bonds. The van der Waals surface area contributed by atoms with E-state index in [1.165, 1.54) is 19.2 Å². The van der Waals surface area contributed by atoms with Crippen LogP contribution < -0.4 is 5.32 Å². The number of carboxylic acids is 1. The molecule has 1 fully saturated rings. The van der Waals surface area contributed by atoms with E-state index in [9.17, 15) is 19.7 Å². The zero-order chi connectivity index (χ0) is 21.7. The van der Waals surface area contributed by atoms with E-state index in [2.05, 4.69) is 10.2 Å². The fourth-order valence-corrected chi connectivity index (χ4v) is 3.62. The largest absolute Gasteiger partial charge is 0.478 e. The van der Waals surface area contributed by atoms with E-state index in [-0.39, 0.29) is 22.9 Å². The highest BCUT2D eigenvalue weighted by Gasteiger charge is 2.23. The molecule has 0 unspecified atom stereocenters. The Morgan fingerprint density at radius 3 is 2.60 bits per heavy atom. The van der Waals surface area contributed by atoms with E-state index in [1.54, 1.807) is 0 Å². The molecule has 0 bridgehead atoms. The molecule has 1 aliphatic heterocycles. The quantitative estimate of drug-likeness (QED) is 0.402. The number of nitrogens with one attached hydrogen (secondary N) is 1. The number of benzene rings is 2. The highest BCUT2D eigenvalue weighted by Crippen LogP contribution is 2.32. The summed E-state index contributed by atoms with van der Waals surface area (Å²) in [5.74, 6) is -1.13. The molecule has 2 N–H and O–H groups in total. The van der Waals surface area contributed by atoms with Crippen LogP contribution in [0.3, 0.4) is 0 Å². The SMILES string of the molecule is COC(=O)CN1CCC(c2cccc(Nc3ccc(C(=O)O)cc3[N+](=O)[O-])c2)CC1. The Labute approximate surface area is 173 Å². The summed E-state index contributed by atoms with van der Waals surface area (Å²) in [5.41, 5.74) is 1.60. The Bertz CT molecular complexity index is 954. The van der Waals surface area contributed by atoms with Crippen LogP contribution in [-0.2, 0) is 9.53 Å². The standard InChI is InChI=1S/C21H23N3O6/c1-30-20(25)13-23-9-7-14(8-10-23)15-3-2-4-17(11-15)22-18-6-5-16(21(26)27)12-19(18)24(28)29/h2-6,11-12,14,22H,7-10,13H2,1H3,(H,26,27). The minimum Gasteiger partial charge on any atom is -0.478 e. The van der Waals surface area contributed by atoms with E-state index < -0.39 is 10.9 Å². The Hall–Kier alpha value is -3.46. The van der Waals surface area contributed by atoms with Crippen molar-refractivity contribution in [2.24, 2.45) is 0 Å². The molecule has 1 saturated heterocycles. The molecule has 30 heavy (non-hydrogen) atoms. The number of anilines is 2. The summed E-state index contributed by atoms with van der Waals surface area (Å²) in [6.45, 7) is 1.87. The number of nitro groups is 1.